The number of para-hydroxylation sites is 3. The zero-order valence-electron chi connectivity index (χ0n) is 38.1. The minimum Gasteiger partial charge on any atom is -0.333 e. The fourth-order valence-electron chi connectivity index (χ4n) is 11.8. The summed E-state index contributed by atoms with van der Waals surface area (Å²) in [5.74, 6) is 0. The highest BCUT2D eigenvalue weighted by atomic mass is 15.0. The van der Waals surface area contributed by atoms with Crippen LogP contribution in [0.4, 0.5) is 0 Å². The highest BCUT2D eigenvalue weighted by Crippen LogP contribution is 2.44. The van der Waals surface area contributed by atoms with Gasteiger partial charge >= 0.3 is 0 Å². The van der Waals surface area contributed by atoms with Gasteiger partial charge in [-0.25, -0.2) is 0 Å². The molecule has 2 aliphatic rings. The van der Waals surface area contributed by atoms with Crippen LogP contribution in [-0.4, -0.2) is 13.7 Å². The third-order valence-electron chi connectivity index (χ3n) is 14.9. The van der Waals surface area contributed by atoms with Gasteiger partial charge in [0.15, 0.2) is 0 Å². The minimum absolute atomic E-state index is 0.109. The lowest BCUT2D eigenvalue weighted by molar-refractivity contribution is 0.636. The van der Waals surface area contributed by atoms with E-state index in [9.17, 15) is 0 Å². The van der Waals surface area contributed by atoms with E-state index in [4.69, 9.17) is 0 Å². The standard InChI is InChI=1S/C66H47N3/c1-4-18-44(19-5-1)51-24-10-12-26-53(51)46-32-36-63-57(40-46)55-28-14-16-30-61(55)68(63)49-34-38-65-59(42-49)60-43-50(35-39-66(60)67(65)48-22-8-3-9-23-48)69-62-31-17-15-29-56(62)58-41-47(33-37-64(58)69)54-27-13-11-25-52(54)45-20-6-2-7-21-45/h1-12,14-26,28-41,43,49H,13,27,42H2. The van der Waals surface area contributed by atoms with Gasteiger partial charge in [-0.3, -0.25) is 0 Å². The molecule has 0 N–H and O–H groups in total. The van der Waals surface area contributed by atoms with Crippen LogP contribution >= 0.6 is 0 Å². The van der Waals surface area contributed by atoms with Crippen LogP contribution in [0.1, 0.15) is 41.3 Å². The number of benzene rings is 9. The van der Waals surface area contributed by atoms with Crippen LogP contribution in [0.15, 0.2) is 237 Å². The predicted molar refractivity (Wildman–Crippen MR) is 291 cm³/mol. The summed E-state index contributed by atoms with van der Waals surface area (Å²) < 4.78 is 7.56. The van der Waals surface area contributed by atoms with E-state index in [1.54, 1.807) is 0 Å². The molecule has 0 radical (unpaired) electrons. The Balaban J connectivity index is 0.920. The average Bonchev–Trinajstić information content (AvgIpc) is 4.06. The summed E-state index contributed by atoms with van der Waals surface area (Å²) in [5, 5.41) is 6.40. The molecule has 3 heteroatoms. The largest absolute Gasteiger partial charge is 0.333 e. The quantitative estimate of drug-likeness (QED) is 0.151. The maximum atomic E-state index is 2.60. The molecule has 69 heavy (non-hydrogen) atoms. The Morgan fingerprint density at radius 3 is 1.74 bits per heavy atom. The molecule has 0 saturated carbocycles. The van der Waals surface area contributed by atoms with Gasteiger partial charge in [0.1, 0.15) is 0 Å². The van der Waals surface area contributed by atoms with Gasteiger partial charge in [-0.1, -0.05) is 170 Å². The second-order valence-corrected chi connectivity index (χ2v) is 18.7. The molecule has 1 atom stereocenters. The zero-order valence-corrected chi connectivity index (χ0v) is 38.1. The molecular weight excluding hydrogens is 835 g/mol. The number of rotatable bonds is 7. The Morgan fingerprint density at radius 2 is 0.942 bits per heavy atom. The van der Waals surface area contributed by atoms with Crippen molar-refractivity contribution in [1.29, 1.82) is 0 Å². The molecule has 2 aliphatic carbocycles. The summed E-state index contributed by atoms with van der Waals surface area (Å²) in [6.07, 6.45) is 12.4. The summed E-state index contributed by atoms with van der Waals surface area (Å²) in [7, 11) is 0. The molecule has 9 aromatic carbocycles. The maximum absolute atomic E-state index is 2.60. The number of hydrogen-bond donors (Lipinski definition) is 0. The van der Waals surface area contributed by atoms with Crippen molar-refractivity contribution in [3.8, 4) is 33.6 Å². The van der Waals surface area contributed by atoms with Crippen LogP contribution in [0, 0.1) is 0 Å². The maximum Gasteiger partial charge on any atom is 0.0567 e. The van der Waals surface area contributed by atoms with Gasteiger partial charge in [0.2, 0.25) is 0 Å². The first-order chi connectivity index (χ1) is 34.2. The molecule has 3 heterocycles. The SMILES string of the molecule is C1=CC(c2ccccc2)=C(c2ccc3c(c2)c2ccccc2n3-c2ccc3c(c2)c2c(n3-c3ccccc3)C=CC(n3c4ccccc4c4cc(-c5ccccc5-c5ccccc5)ccc43)C2)CC1. The number of fused-ring (bicyclic) bond motifs is 9. The summed E-state index contributed by atoms with van der Waals surface area (Å²) in [6.45, 7) is 0. The fourth-order valence-corrected chi connectivity index (χ4v) is 11.8. The van der Waals surface area contributed by atoms with E-state index in [1.807, 2.05) is 0 Å². The molecule has 0 bridgehead atoms. The van der Waals surface area contributed by atoms with E-state index in [2.05, 4.69) is 256 Å². The summed E-state index contributed by atoms with van der Waals surface area (Å²) in [6, 6.07) is 80.7. The van der Waals surface area contributed by atoms with Gasteiger partial charge in [-0.15, -0.1) is 0 Å². The van der Waals surface area contributed by atoms with Crippen molar-refractivity contribution in [2.75, 3.05) is 0 Å². The van der Waals surface area contributed by atoms with Gasteiger partial charge in [-0.05, 0) is 142 Å². The van der Waals surface area contributed by atoms with Gasteiger partial charge in [0, 0.05) is 55.0 Å². The Morgan fingerprint density at radius 1 is 0.377 bits per heavy atom. The predicted octanol–water partition coefficient (Wildman–Crippen LogP) is 17.2. The van der Waals surface area contributed by atoms with E-state index in [0.29, 0.717) is 0 Å². The molecule has 0 saturated heterocycles. The van der Waals surface area contributed by atoms with E-state index in [-0.39, 0.29) is 6.04 Å². The van der Waals surface area contributed by atoms with E-state index in [0.717, 1.165) is 19.3 Å². The van der Waals surface area contributed by atoms with Crippen LogP contribution < -0.4 is 0 Å². The lowest BCUT2D eigenvalue weighted by atomic mass is 9.87. The van der Waals surface area contributed by atoms with Crippen LogP contribution in [0.3, 0.4) is 0 Å². The normalized spacial score (nSPS) is 14.8. The van der Waals surface area contributed by atoms with Crippen molar-refractivity contribution in [2.45, 2.75) is 25.3 Å². The summed E-state index contributed by atoms with van der Waals surface area (Å²) in [4.78, 5) is 0. The minimum atomic E-state index is 0.109. The van der Waals surface area contributed by atoms with Gasteiger partial charge < -0.3 is 13.7 Å². The Hall–Kier alpha value is -8.66. The number of aromatic nitrogens is 3. The second-order valence-electron chi connectivity index (χ2n) is 18.7. The third-order valence-corrected chi connectivity index (χ3v) is 14.9. The van der Waals surface area contributed by atoms with Crippen LogP contribution in [0.5, 0.6) is 0 Å². The van der Waals surface area contributed by atoms with Gasteiger partial charge in [0.25, 0.3) is 0 Å². The molecule has 0 amide bonds. The Bertz CT molecular complexity index is 4080. The molecule has 14 rings (SSSR count). The highest BCUT2D eigenvalue weighted by Gasteiger charge is 2.27. The molecule has 3 aromatic heterocycles. The van der Waals surface area contributed by atoms with E-state index < -0.39 is 0 Å². The fraction of sp³-hybridized carbons (Fsp3) is 0.0606. The molecular formula is C66H47N3. The number of nitrogens with zero attached hydrogens (tertiary/aromatic N) is 3. The molecule has 0 spiro atoms. The van der Waals surface area contributed by atoms with Crippen molar-refractivity contribution in [1.82, 2.24) is 13.7 Å². The second kappa shape index (κ2) is 16.0. The average molecular weight is 882 g/mol. The third kappa shape index (κ3) is 6.35. The molecule has 12 aromatic rings. The Labute approximate surface area is 401 Å². The number of allylic oxidation sites excluding steroid dienone is 5. The van der Waals surface area contributed by atoms with Gasteiger partial charge in [0.05, 0.1) is 22.6 Å². The first-order valence-electron chi connectivity index (χ1n) is 24.3. The van der Waals surface area contributed by atoms with Crippen molar-refractivity contribution >= 4 is 71.7 Å². The van der Waals surface area contributed by atoms with Gasteiger partial charge in [-0.2, -0.15) is 0 Å². The van der Waals surface area contributed by atoms with Crippen LogP contribution in [0.2, 0.25) is 0 Å². The summed E-state index contributed by atoms with van der Waals surface area (Å²) >= 11 is 0. The molecule has 0 fully saturated rings. The Kier molecular flexibility index (Phi) is 9.16. The van der Waals surface area contributed by atoms with Crippen molar-refractivity contribution in [3.63, 3.8) is 0 Å². The van der Waals surface area contributed by atoms with Crippen LogP contribution in [0.25, 0.3) is 105 Å². The highest BCUT2D eigenvalue weighted by molar-refractivity contribution is 6.12. The lowest BCUT2D eigenvalue weighted by Gasteiger charge is -2.23. The molecule has 0 aliphatic heterocycles. The topological polar surface area (TPSA) is 14.8 Å². The molecule has 3 nitrogen and oxygen atoms in total. The molecule has 1 unspecified atom stereocenters. The molecule has 326 valence electrons. The first-order valence-corrected chi connectivity index (χ1v) is 24.3. The first kappa shape index (κ1) is 39.5. The van der Waals surface area contributed by atoms with E-state index >= 15 is 0 Å². The van der Waals surface area contributed by atoms with Crippen molar-refractivity contribution in [2.24, 2.45) is 0 Å². The smallest absolute Gasteiger partial charge is 0.0567 e. The van der Waals surface area contributed by atoms with Crippen molar-refractivity contribution in [3.05, 3.63) is 259 Å². The zero-order chi connectivity index (χ0) is 45.4. The monoisotopic (exact) mass is 881 g/mol. The lowest BCUT2D eigenvalue weighted by Crippen LogP contribution is -2.13. The summed E-state index contributed by atoms with van der Waals surface area (Å²) in [5.41, 5.74) is 21.4. The van der Waals surface area contributed by atoms with Crippen molar-refractivity contribution < 1.29 is 0 Å². The number of hydrogen-bond acceptors (Lipinski definition) is 0. The van der Waals surface area contributed by atoms with Crippen LogP contribution in [-0.2, 0) is 6.42 Å². The van der Waals surface area contributed by atoms with E-state index in [1.165, 1.54) is 122 Å².